The zero-order valence-electron chi connectivity index (χ0n) is 18.8. The highest BCUT2D eigenvalue weighted by atomic mass is 79.9. The number of carbonyl (C=O) groups excluding carboxylic acids is 3. The Morgan fingerprint density at radius 3 is 2.31 bits per heavy atom. The number of thioether (sulfide) groups is 1. The Hall–Kier alpha value is -2.78. The number of hydrogen-bond acceptors (Lipinski definition) is 6. The average molecular weight is 607 g/mol. The molecule has 2 amide bonds. The molecular formula is C26H18BrCl2NO5S. The molecule has 0 atom stereocenters. The van der Waals surface area contributed by atoms with Gasteiger partial charge in [0.2, 0.25) is 0 Å². The predicted molar refractivity (Wildman–Crippen MR) is 145 cm³/mol. The Labute approximate surface area is 230 Å². The van der Waals surface area contributed by atoms with Crippen LogP contribution in [-0.2, 0) is 11.3 Å². The number of esters is 1. The molecular weight excluding hydrogens is 589 g/mol. The molecule has 1 aliphatic heterocycles. The van der Waals surface area contributed by atoms with Crippen LogP contribution in [0.4, 0.5) is 4.79 Å². The number of imide groups is 1. The molecule has 0 unspecified atom stereocenters. The standard InChI is InChI=1S/C26H18BrCl2NO5S/c1-2-34-21-12-16(11-20(27)23(21)35-25(32)17-5-9-19(29)10-6-17)13-22-24(31)30(26(33)36-22)14-15-3-7-18(28)8-4-15/h3-13H,2,14H2,1H3/b22-13-. The average Bonchev–Trinajstić information content (AvgIpc) is 3.10. The molecule has 184 valence electrons. The quantitative estimate of drug-likeness (QED) is 0.157. The molecule has 0 spiro atoms. The van der Waals surface area contributed by atoms with Gasteiger partial charge in [0.05, 0.1) is 28.1 Å². The molecule has 6 nitrogen and oxygen atoms in total. The van der Waals surface area contributed by atoms with Crippen molar-refractivity contribution in [2.45, 2.75) is 13.5 Å². The zero-order chi connectivity index (χ0) is 25.8. The number of ether oxygens (including phenoxy) is 2. The number of amides is 2. The van der Waals surface area contributed by atoms with Crippen LogP contribution in [0.5, 0.6) is 11.5 Å². The lowest BCUT2D eigenvalue weighted by atomic mass is 10.1. The number of benzene rings is 3. The second kappa shape index (κ2) is 11.5. The number of nitrogens with zero attached hydrogens (tertiary/aromatic N) is 1. The minimum Gasteiger partial charge on any atom is -0.490 e. The normalized spacial score (nSPS) is 14.4. The summed E-state index contributed by atoms with van der Waals surface area (Å²) in [5.74, 6) is -0.470. The first-order valence-corrected chi connectivity index (χ1v) is 13.1. The van der Waals surface area contributed by atoms with Crippen LogP contribution in [0, 0.1) is 0 Å². The molecule has 0 radical (unpaired) electrons. The van der Waals surface area contributed by atoms with Crippen LogP contribution in [0.25, 0.3) is 6.08 Å². The molecule has 10 heteroatoms. The van der Waals surface area contributed by atoms with Crippen molar-refractivity contribution in [2.75, 3.05) is 6.61 Å². The Kier molecular flexibility index (Phi) is 8.41. The summed E-state index contributed by atoms with van der Waals surface area (Å²) in [6, 6.07) is 16.6. The van der Waals surface area contributed by atoms with E-state index in [0.717, 1.165) is 17.3 Å². The lowest BCUT2D eigenvalue weighted by molar-refractivity contribution is -0.123. The molecule has 1 saturated heterocycles. The van der Waals surface area contributed by atoms with E-state index < -0.39 is 11.9 Å². The van der Waals surface area contributed by atoms with Crippen molar-refractivity contribution >= 4 is 74.1 Å². The van der Waals surface area contributed by atoms with E-state index in [1.54, 1.807) is 73.7 Å². The first kappa shape index (κ1) is 26.3. The van der Waals surface area contributed by atoms with Gasteiger partial charge in [-0.25, -0.2) is 4.79 Å². The Morgan fingerprint density at radius 1 is 1.03 bits per heavy atom. The molecule has 0 aliphatic carbocycles. The van der Waals surface area contributed by atoms with Crippen LogP contribution in [0.1, 0.15) is 28.4 Å². The van der Waals surface area contributed by atoms with E-state index in [1.165, 1.54) is 4.90 Å². The Balaban J connectivity index is 1.57. The molecule has 1 fully saturated rings. The lowest BCUT2D eigenvalue weighted by Crippen LogP contribution is -2.27. The third kappa shape index (κ3) is 6.13. The van der Waals surface area contributed by atoms with E-state index in [2.05, 4.69) is 15.9 Å². The maximum atomic E-state index is 12.9. The number of carbonyl (C=O) groups is 3. The van der Waals surface area contributed by atoms with Crippen molar-refractivity contribution in [1.29, 1.82) is 0 Å². The van der Waals surface area contributed by atoms with Crippen LogP contribution in [0.2, 0.25) is 10.0 Å². The first-order chi connectivity index (χ1) is 17.2. The minimum atomic E-state index is -0.579. The molecule has 3 aromatic carbocycles. The van der Waals surface area contributed by atoms with Crippen molar-refractivity contribution in [2.24, 2.45) is 0 Å². The molecule has 1 heterocycles. The summed E-state index contributed by atoms with van der Waals surface area (Å²) >= 11 is 16.1. The van der Waals surface area contributed by atoms with Gasteiger partial charge in [-0.3, -0.25) is 14.5 Å². The van der Waals surface area contributed by atoms with Crippen molar-refractivity contribution in [3.63, 3.8) is 0 Å². The summed E-state index contributed by atoms with van der Waals surface area (Å²) in [7, 11) is 0. The highest BCUT2D eigenvalue weighted by Crippen LogP contribution is 2.40. The molecule has 0 bridgehead atoms. The summed E-state index contributed by atoms with van der Waals surface area (Å²) in [6.07, 6.45) is 1.60. The van der Waals surface area contributed by atoms with Gasteiger partial charge in [-0.2, -0.15) is 0 Å². The van der Waals surface area contributed by atoms with Gasteiger partial charge in [-0.15, -0.1) is 0 Å². The van der Waals surface area contributed by atoms with E-state index in [9.17, 15) is 14.4 Å². The van der Waals surface area contributed by atoms with Crippen LogP contribution in [0.15, 0.2) is 70.0 Å². The topological polar surface area (TPSA) is 72.9 Å². The fraction of sp³-hybridized carbons (Fsp3) is 0.115. The predicted octanol–water partition coefficient (Wildman–Crippen LogP) is 7.61. The highest BCUT2D eigenvalue weighted by molar-refractivity contribution is 9.10. The van der Waals surface area contributed by atoms with Gasteiger partial charge in [0.1, 0.15) is 0 Å². The number of rotatable bonds is 7. The number of halogens is 3. The SMILES string of the molecule is CCOc1cc(/C=C2\SC(=O)N(Cc3ccc(Cl)cc3)C2=O)cc(Br)c1OC(=O)c1ccc(Cl)cc1. The number of hydrogen-bond donors (Lipinski definition) is 0. The third-order valence-corrected chi connectivity index (χ3v) is 7.03. The van der Waals surface area contributed by atoms with Gasteiger partial charge in [-0.05, 0) is 100 Å². The third-order valence-electron chi connectivity index (χ3n) is 5.03. The lowest BCUT2D eigenvalue weighted by Gasteiger charge is -2.14. The molecule has 0 N–H and O–H groups in total. The van der Waals surface area contributed by atoms with Crippen molar-refractivity contribution in [3.8, 4) is 11.5 Å². The van der Waals surface area contributed by atoms with Crippen LogP contribution >= 0.6 is 50.9 Å². The largest absolute Gasteiger partial charge is 0.490 e. The Bertz CT molecular complexity index is 1360. The zero-order valence-corrected chi connectivity index (χ0v) is 22.7. The van der Waals surface area contributed by atoms with E-state index in [0.29, 0.717) is 38.0 Å². The monoisotopic (exact) mass is 605 g/mol. The molecule has 4 rings (SSSR count). The van der Waals surface area contributed by atoms with Gasteiger partial charge < -0.3 is 9.47 Å². The van der Waals surface area contributed by atoms with E-state index in [-0.39, 0.29) is 22.4 Å². The van der Waals surface area contributed by atoms with Crippen LogP contribution in [-0.4, -0.2) is 28.6 Å². The maximum Gasteiger partial charge on any atom is 0.343 e. The van der Waals surface area contributed by atoms with Crippen molar-refractivity contribution in [1.82, 2.24) is 4.90 Å². The van der Waals surface area contributed by atoms with E-state index in [1.807, 2.05) is 0 Å². The second-order valence-electron chi connectivity index (χ2n) is 7.55. The summed E-state index contributed by atoms with van der Waals surface area (Å²) in [5.41, 5.74) is 1.71. The van der Waals surface area contributed by atoms with E-state index >= 15 is 0 Å². The summed E-state index contributed by atoms with van der Waals surface area (Å²) in [5, 5.41) is 0.717. The minimum absolute atomic E-state index is 0.145. The molecule has 0 aromatic heterocycles. The second-order valence-corrected chi connectivity index (χ2v) is 10.3. The maximum absolute atomic E-state index is 12.9. The van der Waals surface area contributed by atoms with Gasteiger partial charge in [0.25, 0.3) is 11.1 Å². The molecule has 3 aromatic rings. The Morgan fingerprint density at radius 2 is 1.67 bits per heavy atom. The van der Waals surface area contributed by atoms with Crippen molar-refractivity contribution < 1.29 is 23.9 Å². The smallest absolute Gasteiger partial charge is 0.343 e. The molecule has 1 aliphatic rings. The highest BCUT2D eigenvalue weighted by Gasteiger charge is 2.35. The van der Waals surface area contributed by atoms with Gasteiger partial charge in [0, 0.05) is 10.0 Å². The van der Waals surface area contributed by atoms with Crippen LogP contribution in [0.3, 0.4) is 0 Å². The van der Waals surface area contributed by atoms with E-state index in [4.69, 9.17) is 32.7 Å². The van der Waals surface area contributed by atoms with Gasteiger partial charge in [-0.1, -0.05) is 35.3 Å². The van der Waals surface area contributed by atoms with Gasteiger partial charge >= 0.3 is 5.97 Å². The fourth-order valence-corrected chi connectivity index (χ4v) is 4.96. The fourth-order valence-electron chi connectivity index (χ4n) is 3.33. The summed E-state index contributed by atoms with van der Waals surface area (Å²) < 4.78 is 11.7. The van der Waals surface area contributed by atoms with Crippen LogP contribution < -0.4 is 9.47 Å². The first-order valence-electron chi connectivity index (χ1n) is 10.7. The van der Waals surface area contributed by atoms with Crippen molar-refractivity contribution in [3.05, 3.63) is 96.8 Å². The molecule has 0 saturated carbocycles. The summed E-state index contributed by atoms with van der Waals surface area (Å²) in [4.78, 5) is 39.6. The summed E-state index contributed by atoms with van der Waals surface area (Å²) in [6.45, 7) is 2.26. The van der Waals surface area contributed by atoms with Gasteiger partial charge in [0.15, 0.2) is 11.5 Å². The molecule has 36 heavy (non-hydrogen) atoms.